The van der Waals surface area contributed by atoms with Crippen molar-refractivity contribution in [2.75, 3.05) is 11.2 Å². The Hall–Kier alpha value is -2.15. The number of carbonyl (C=O) groups excluding carboxylic acids is 2. The van der Waals surface area contributed by atoms with Crippen LogP contribution in [-0.4, -0.2) is 31.6 Å². The highest BCUT2D eigenvalue weighted by molar-refractivity contribution is 7.90. The fourth-order valence-electron chi connectivity index (χ4n) is 4.05. The molecule has 6 nitrogen and oxygen atoms in total. The molecule has 2 bridgehead atoms. The number of benzene rings is 1. The lowest BCUT2D eigenvalue weighted by atomic mass is 9.85. The molecule has 1 saturated heterocycles. The summed E-state index contributed by atoms with van der Waals surface area (Å²) in [5, 5.41) is 10.1. The van der Waals surface area contributed by atoms with E-state index in [9.17, 15) is 23.1 Å². The van der Waals surface area contributed by atoms with Crippen molar-refractivity contribution in [1.82, 2.24) is 0 Å². The topological polar surface area (TPSA) is 91.8 Å². The second-order valence-electron chi connectivity index (χ2n) is 6.43. The molecule has 1 heterocycles. The summed E-state index contributed by atoms with van der Waals surface area (Å²) < 4.78 is 23.4. The fourth-order valence-corrected chi connectivity index (χ4v) is 4.69. The van der Waals surface area contributed by atoms with Gasteiger partial charge >= 0.3 is 0 Å². The first kappa shape index (κ1) is 14.4. The summed E-state index contributed by atoms with van der Waals surface area (Å²) >= 11 is 0. The zero-order valence-corrected chi connectivity index (χ0v) is 13.2. The number of hydrogen-bond acceptors (Lipinski definition) is 5. The molecule has 2 amide bonds. The first-order valence-electron chi connectivity index (χ1n) is 7.38. The van der Waals surface area contributed by atoms with Crippen LogP contribution in [0.4, 0.5) is 5.69 Å². The van der Waals surface area contributed by atoms with Gasteiger partial charge in [-0.05, 0) is 36.5 Å². The van der Waals surface area contributed by atoms with Gasteiger partial charge in [0.1, 0.15) is 5.75 Å². The van der Waals surface area contributed by atoms with E-state index >= 15 is 0 Å². The van der Waals surface area contributed by atoms with Crippen LogP contribution in [0, 0.1) is 23.7 Å². The van der Waals surface area contributed by atoms with Crippen molar-refractivity contribution in [3.05, 3.63) is 30.4 Å². The lowest BCUT2D eigenvalue weighted by Crippen LogP contribution is -2.33. The number of hydrogen-bond donors (Lipinski definition) is 1. The van der Waals surface area contributed by atoms with E-state index in [-0.39, 0.29) is 40.0 Å². The molecule has 4 atom stereocenters. The molecule has 2 fully saturated rings. The van der Waals surface area contributed by atoms with Crippen LogP contribution in [0.25, 0.3) is 0 Å². The third kappa shape index (κ3) is 1.89. The molecule has 3 aliphatic rings. The molecule has 120 valence electrons. The number of fused-ring (bicyclic) bond motifs is 5. The van der Waals surface area contributed by atoms with Crippen molar-refractivity contribution in [3.8, 4) is 5.75 Å². The van der Waals surface area contributed by atoms with Gasteiger partial charge in [0.2, 0.25) is 11.8 Å². The highest BCUT2D eigenvalue weighted by atomic mass is 32.2. The number of anilines is 1. The standard InChI is InChI=1S/C16H15NO5S/c1-23(21,22)10-4-5-12(18)11(7-10)17-15(19)13-8-2-3-9(6-8)14(13)16(17)20/h2-5,7-9,13-14,18H,6H2,1H3/t8-,9+,13-,14-/m0/s1. The number of rotatable bonds is 2. The number of imide groups is 1. The number of sulfone groups is 1. The molecule has 2 aliphatic carbocycles. The van der Waals surface area contributed by atoms with Crippen LogP contribution in [0.1, 0.15) is 6.42 Å². The van der Waals surface area contributed by atoms with Gasteiger partial charge in [-0.2, -0.15) is 0 Å². The highest BCUT2D eigenvalue weighted by Gasteiger charge is 2.59. The predicted octanol–water partition coefficient (Wildman–Crippen LogP) is 1.11. The summed E-state index contributed by atoms with van der Waals surface area (Å²) in [7, 11) is -3.51. The molecule has 1 aliphatic heterocycles. The highest BCUT2D eigenvalue weighted by Crippen LogP contribution is 2.53. The summed E-state index contributed by atoms with van der Waals surface area (Å²) in [6, 6.07) is 3.65. The summed E-state index contributed by atoms with van der Waals surface area (Å²) in [6.07, 6.45) is 5.81. The third-order valence-electron chi connectivity index (χ3n) is 5.09. The minimum Gasteiger partial charge on any atom is -0.506 e. The van der Waals surface area contributed by atoms with Crippen molar-refractivity contribution >= 4 is 27.3 Å². The molecule has 0 radical (unpaired) electrons. The van der Waals surface area contributed by atoms with Crippen LogP contribution in [0.2, 0.25) is 0 Å². The fraction of sp³-hybridized carbons (Fsp3) is 0.375. The molecular formula is C16H15NO5S. The maximum Gasteiger partial charge on any atom is 0.238 e. The monoisotopic (exact) mass is 333 g/mol. The van der Waals surface area contributed by atoms with Gasteiger partial charge < -0.3 is 5.11 Å². The number of allylic oxidation sites excluding steroid dienone is 2. The van der Waals surface area contributed by atoms with E-state index in [0.29, 0.717) is 0 Å². The lowest BCUT2D eigenvalue weighted by molar-refractivity contribution is -0.123. The Morgan fingerprint density at radius 2 is 1.65 bits per heavy atom. The van der Waals surface area contributed by atoms with Crippen LogP contribution < -0.4 is 4.90 Å². The van der Waals surface area contributed by atoms with E-state index in [4.69, 9.17) is 0 Å². The molecule has 23 heavy (non-hydrogen) atoms. The zero-order valence-electron chi connectivity index (χ0n) is 12.3. The average molecular weight is 333 g/mol. The Kier molecular flexibility index (Phi) is 2.79. The minimum atomic E-state index is -3.51. The lowest BCUT2D eigenvalue weighted by Gasteiger charge is -2.19. The maximum absolute atomic E-state index is 12.7. The number of nitrogens with zero attached hydrogens (tertiary/aromatic N) is 1. The van der Waals surface area contributed by atoms with Crippen LogP contribution >= 0.6 is 0 Å². The van der Waals surface area contributed by atoms with Gasteiger partial charge in [-0.3, -0.25) is 9.59 Å². The van der Waals surface area contributed by atoms with E-state index in [1.165, 1.54) is 18.2 Å². The molecule has 1 saturated carbocycles. The smallest absolute Gasteiger partial charge is 0.238 e. The summed E-state index contributed by atoms with van der Waals surface area (Å²) in [5.74, 6) is -1.63. The van der Waals surface area contributed by atoms with Gasteiger partial charge in [-0.1, -0.05) is 12.2 Å². The zero-order chi connectivity index (χ0) is 16.5. The van der Waals surface area contributed by atoms with Gasteiger partial charge in [0, 0.05) is 6.26 Å². The van der Waals surface area contributed by atoms with Gasteiger partial charge in [0.25, 0.3) is 0 Å². The van der Waals surface area contributed by atoms with E-state index in [1.807, 2.05) is 12.2 Å². The van der Waals surface area contributed by atoms with Crippen LogP contribution in [-0.2, 0) is 19.4 Å². The molecule has 0 aromatic heterocycles. The van der Waals surface area contributed by atoms with E-state index in [0.717, 1.165) is 17.6 Å². The van der Waals surface area contributed by atoms with Crippen LogP contribution in [0.15, 0.2) is 35.2 Å². The van der Waals surface area contributed by atoms with Crippen LogP contribution in [0.5, 0.6) is 5.75 Å². The van der Waals surface area contributed by atoms with Gasteiger partial charge in [0.05, 0.1) is 22.4 Å². The molecule has 4 rings (SSSR count). The number of phenols is 1. The average Bonchev–Trinajstić information content (AvgIpc) is 3.13. The van der Waals surface area contributed by atoms with Gasteiger partial charge in [0.15, 0.2) is 9.84 Å². The number of carbonyl (C=O) groups is 2. The largest absolute Gasteiger partial charge is 0.506 e. The Morgan fingerprint density at radius 1 is 1.09 bits per heavy atom. The van der Waals surface area contributed by atoms with E-state index in [2.05, 4.69) is 0 Å². The third-order valence-corrected chi connectivity index (χ3v) is 6.20. The summed E-state index contributed by atoms with van der Waals surface area (Å²) in [6.45, 7) is 0. The first-order chi connectivity index (χ1) is 10.8. The Labute approximate surface area is 133 Å². The van der Waals surface area contributed by atoms with E-state index < -0.39 is 21.7 Å². The molecule has 1 aromatic rings. The van der Waals surface area contributed by atoms with Gasteiger partial charge in [-0.25, -0.2) is 13.3 Å². The Bertz CT molecular complexity index is 842. The van der Waals surface area contributed by atoms with Crippen molar-refractivity contribution in [2.24, 2.45) is 23.7 Å². The number of phenolic OH excluding ortho intramolecular Hbond substituents is 1. The second kappa shape index (κ2) is 4.44. The first-order valence-corrected chi connectivity index (χ1v) is 9.27. The Morgan fingerprint density at radius 3 is 2.17 bits per heavy atom. The minimum absolute atomic E-state index is 0.0379. The SMILES string of the molecule is CS(=O)(=O)c1ccc(O)c(N2C(=O)[C@@H]3[C@@H](C2=O)[C@H]2C=C[C@@H]3C2)c1. The molecule has 7 heteroatoms. The predicted molar refractivity (Wildman–Crippen MR) is 81.4 cm³/mol. The molecule has 1 N–H and O–H groups in total. The van der Waals surface area contributed by atoms with E-state index in [1.54, 1.807) is 0 Å². The van der Waals surface area contributed by atoms with Crippen molar-refractivity contribution in [1.29, 1.82) is 0 Å². The Balaban J connectivity index is 1.81. The quantitative estimate of drug-likeness (QED) is 0.646. The second-order valence-corrected chi connectivity index (χ2v) is 8.45. The van der Waals surface area contributed by atoms with Crippen molar-refractivity contribution in [2.45, 2.75) is 11.3 Å². The van der Waals surface area contributed by atoms with Crippen molar-refractivity contribution in [3.63, 3.8) is 0 Å². The molecular weight excluding hydrogens is 318 g/mol. The van der Waals surface area contributed by atoms with Crippen LogP contribution in [0.3, 0.4) is 0 Å². The molecule has 0 unspecified atom stereocenters. The summed E-state index contributed by atoms with van der Waals surface area (Å²) in [4.78, 5) is 26.3. The normalized spacial score (nSPS) is 32.0. The molecule has 0 spiro atoms. The van der Waals surface area contributed by atoms with Gasteiger partial charge in [-0.15, -0.1) is 0 Å². The van der Waals surface area contributed by atoms with Crippen molar-refractivity contribution < 1.29 is 23.1 Å². The maximum atomic E-state index is 12.7. The molecule has 1 aromatic carbocycles. The number of aromatic hydroxyl groups is 1. The summed E-state index contributed by atoms with van der Waals surface area (Å²) in [5.41, 5.74) is -0.0447. The number of amides is 2.